The first-order valence-electron chi connectivity index (χ1n) is 5.97. The highest BCUT2D eigenvalue weighted by Gasteiger charge is 2.20. The van der Waals surface area contributed by atoms with Gasteiger partial charge in [-0.25, -0.2) is 8.78 Å². The van der Waals surface area contributed by atoms with Crippen LogP contribution in [-0.2, 0) is 0 Å². The second-order valence-corrected chi connectivity index (χ2v) is 4.59. The highest BCUT2D eigenvalue weighted by Crippen LogP contribution is 2.28. The Morgan fingerprint density at radius 1 is 1.22 bits per heavy atom. The van der Waals surface area contributed by atoms with E-state index >= 15 is 0 Å². The third kappa shape index (κ3) is 2.51. The normalized spacial score (nSPS) is 18.0. The summed E-state index contributed by atoms with van der Waals surface area (Å²) in [4.78, 5) is 1.74. The van der Waals surface area contributed by atoms with Gasteiger partial charge in [0.1, 0.15) is 11.6 Å². The van der Waals surface area contributed by atoms with Crippen LogP contribution in [0, 0.1) is 17.0 Å². The third-order valence-corrected chi connectivity index (χ3v) is 3.22. The maximum atomic E-state index is 13.9. The molecule has 0 spiro atoms. The maximum Gasteiger partial charge on any atom is 0.147 e. The topological polar surface area (TPSA) is 47.3 Å². The molecule has 0 amide bonds. The fourth-order valence-corrected chi connectivity index (χ4v) is 2.13. The van der Waals surface area contributed by atoms with Gasteiger partial charge in [-0.05, 0) is 13.0 Å². The van der Waals surface area contributed by atoms with Crippen LogP contribution in [0.15, 0.2) is 12.1 Å². The van der Waals surface area contributed by atoms with Crippen molar-refractivity contribution in [1.82, 2.24) is 0 Å². The smallest absolute Gasteiger partial charge is 0.147 e. The van der Waals surface area contributed by atoms with Crippen molar-refractivity contribution < 1.29 is 13.9 Å². The molecular formula is C13H16F2N2O. The molecule has 0 radical (unpaired) electrons. The van der Waals surface area contributed by atoms with E-state index in [9.17, 15) is 13.9 Å². The van der Waals surface area contributed by atoms with Gasteiger partial charge in [-0.3, -0.25) is 0 Å². The van der Waals surface area contributed by atoms with Crippen LogP contribution in [0.5, 0.6) is 0 Å². The van der Waals surface area contributed by atoms with Gasteiger partial charge in [0.05, 0.1) is 11.8 Å². The molecule has 1 unspecified atom stereocenters. The van der Waals surface area contributed by atoms with E-state index in [2.05, 4.69) is 0 Å². The molecule has 0 aliphatic carbocycles. The zero-order valence-corrected chi connectivity index (χ0v) is 10.2. The number of aliphatic hydroxyl groups is 1. The Hall–Kier alpha value is -1.49. The number of nitrogens with zero attached hydrogens (tertiary/aromatic N) is 1. The lowest BCUT2D eigenvalue weighted by molar-refractivity contribution is 0.193. The van der Waals surface area contributed by atoms with E-state index in [4.69, 9.17) is 5.41 Å². The largest absolute Gasteiger partial charge is 0.389 e. The summed E-state index contributed by atoms with van der Waals surface area (Å²) in [6.45, 7) is 2.46. The van der Waals surface area contributed by atoms with Gasteiger partial charge in [-0.2, -0.15) is 0 Å². The Labute approximate surface area is 105 Å². The van der Waals surface area contributed by atoms with Crippen LogP contribution in [-0.4, -0.2) is 23.9 Å². The number of benzene rings is 1. The van der Waals surface area contributed by atoms with Crippen molar-refractivity contribution in [2.24, 2.45) is 0 Å². The summed E-state index contributed by atoms with van der Waals surface area (Å²) in [5.74, 6) is -1.12. The second-order valence-electron chi connectivity index (χ2n) is 4.59. The average Bonchev–Trinajstić information content (AvgIpc) is 2.32. The van der Waals surface area contributed by atoms with Crippen molar-refractivity contribution in [3.63, 3.8) is 0 Å². The number of rotatable bonds is 2. The van der Waals surface area contributed by atoms with Crippen molar-refractivity contribution >= 4 is 11.4 Å². The minimum atomic E-state index is -1.02. The van der Waals surface area contributed by atoms with Crippen LogP contribution in [0.4, 0.5) is 14.5 Å². The van der Waals surface area contributed by atoms with E-state index in [1.54, 1.807) is 4.90 Å². The summed E-state index contributed by atoms with van der Waals surface area (Å²) in [5.41, 5.74) is 0.832. The van der Waals surface area contributed by atoms with Crippen LogP contribution < -0.4 is 4.90 Å². The Morgan fingerprint density at radius 2 is 1.83 bits per heavy atom. The third-order valence-electron chi connectivity index (χ3n) is 3.22. The highest BCUT2D eigenvalue weighted by atomic mass is 19.1. The lowest BCUT2D eigenvalue weighted by Gasteiger charge is -2.29. The number of anilines is 1. The molecule has 1 aromatic carbocycles. The Balaban J connectivity index is 2.29. The Morgan fingerprint density at radius 3 is 2.39 bits per heavy atom. The van der Waals surface area contributed by atoms with E-state index in [1.165, 1.54) is 6.92 Å². The predicted octanol–water partition coefficient (Wildman–Crippen LogP) is 2.64. The first-order valence-corrected chi connectivity index (χ1v) is 5.97. The maximum absolute atomic E-state index is 13.9. The second kappa shape index (κ2) is 5.02. The number of hydrogen-bond donors (Lipinski definition) is 2. The molecule has 1 aliphatic heterocycles. The van der Waals surface area contributed by atoms with E-state index in [1.807, 2.05) is 0 Å². The van der Waals surface area contributed by atoms with Gasteiger partial charge in [-0.15, -0.1) is 0 Å². The monoisotopic (exact) mass is 254 g/mol. The van der Waals surface area contributed by atoms with Crippen LogP contribution in [0.2, 0.25) is 0 Å². The molecule has 0 saturated carbocycles. The fraction of sp³-hybridized carbons (Fsp3) is 0.462. The predicted molar refractivity (Wildman–Crippen MR) is 66.2 cm³/mol. The number of hydrogen-bond acceptors (Lipinski definition) is 3. The minimum Gasteiger partial charge on any atom is -0.389 e. The number of halogens is 2. The van der Waals surface area contributed by atoms with Gasteiger partial charge < -0.3 is 15.4 Å². The number of aliphatic hydroxyl groups excluding tert-OH is 1. The summed E-state index contributed by atoms with van der Waals surface area (Å²) in [6.07, 6.45) is 0.140. The molecule has 1 aliphatic rings. The number of piperidine rings is 1. The van der Waals surface area contributed by atoms with Gasteiger partial charge in [0.15, 0.2) is 0 Å². The fourth-order valence-electron chi connectivity index (χ4n) is 2.13. The van der Waals surface area contributed by atoms with Crippen LogP contribution in [0.25, 0.3) is 0 Å². The summed E-state index contributed by atoms with van der Waals surface area (Å²) >= 11 is 0. The highest BCUT2D eigenvalue weighted by molar-refractivity contribution is 5.83. The molecule has 5 heteroatoms. The lowest BCUT2D eigenvalue weighted by Crippen LogP contribution is -2.34. The van der Waals surface area contributed by atoms with Crippen molar-refractivity contribution in [3.05, 3.63) is 29.3 Å². The van der Waals surface area contributed by atoms with Gasteiger partial charge in [0.25, 0.3) is 0 Å². The molecule has 3 nitrogen and oxygen atoms in total. The van der Waals surface area contributed by atoms with Gasteiger partial charge in [0, 0.05) is 43.3 Å². The molecule has 1 fully saturated rings. The van der Waals surface area contributed by atoms with E-state index in [0.717, 1.165) is 12.1 Å². The molecule has 2 N–H and O–H groups in total. The number of nitrogens with one attached hydrogen (secondary N) is 1. The quantitative estimate of drug-likeness (QED) is 0.852. The van der Waals surface area contributed by atoms with E-state index in [-0.39, 0.29) is 11.3 Å². The van der Waals surface area contributed by atoms with Crippen molar-refractivity contribution in [2.45, 2.75) is 25.9 Å². The average molecular weight is 254 g/mol. The molecule has 18 heavy (non-hydrogen) atoms. The van der Waals surface area contributed by atoms with E-state index in [0.29, 0.717) is 31.6 Å². The first-order chi connectivity index (χ1) is 8.49. The molecule has 1 atom stereocenters. The van der Waals surface area contributed by atoms with Gasteiger partial charge >= 0.3 is 0 Å². The molecule has 0 aromatic heterocycles. The van der Waals surface area contributed by atoms with Gasteiger partial charge in [0.2, 0.25) is 0 Å². The van der Waals surface area contributed by atoms with Crippen molar-refractivity contribution in [3.8, 4) is 0 Å². The zero-order chi connectivity index (χ0) is 13.3. The molecule has 2 rings (SSSR count). The Kier molecular flexibility index (Phi) is 3.61. The van der Waals surface area contributed by atoms with Crippen LogP contribution in [0.3, 0.4) is 0 Å². The first kappa shape index (κ1) is 13.0. The van der Waals surface area contributed by atoms with Crippen molar-refractivity contribution in [2.75, 3.05) is 18.0 Å². The van der Waals surface area contributed by atoms with Crippen LogP contribution in [0.1, 0.15) is 31.4 Å². The summed E-state index contributed by atoms with van der Waals surface area (Å²) < 4.78 is 27.6. The standard InChI is InChI=1S/C13H16F2N2O/c1-8(18)10-6-12(15)13(7-11(10)14)17-4-2-9(16)3-5-17/h6-8,16,18H,2-5H2,1H3. The summed E-state index contributed by atoms with van der Waals surface area (Å²) in [6, 6.07) is 2.18. The molecule has 0 bridgehead atoms. The molecular weight excluding hydrogens is 238 g/mol. The molecule has 1 heterocycles. The summed E-state index contributed by atoms with van der Waals surface area (Å²) in [5, 5.41) is 16.8. The molecule has 98 valence electrons. The minimum absolute atomic E-state index is 0.0268. The van der Waals surface area contributed by atoms with Gasteiger partial charge in [-0.1, -0.05) is 0 Å². The zero-order valence-electron chi connectivity index (χ0n) is 10.2. The van der Waals surface area contributed by atoms with E-state index < -0.39 is 17.7 Å². The summed E-state index contributed by atoms with van der Waals surface area (Å²) in [7, 11) is 0. The lowest BCUT2D eigenvalue weighted by atomic mass is 10.1. The SMILES string of the molecule is CC(O)c1cc(F)c(N2CCC(=N)CC2)cc1F. The Bertz CT molecular complexity index is 464. The van der Waals surface area contributed by atoms with Crippen LogP contribution >= 0.6 is 0 Å². The van der Waals surface area contributed by atoms with Crippen molar-refractivity contribution in [1.29, 1.82) is 5.41 Å². The molecule has 1 saturated heterocycles. The molecule has 1 aromatic rings.